The Balaban J connectivity index is 1.19. The number of ketones is 1. The van der Waals surface area contributed by atoms with Crippen molar-refractivity contribution in [3.05, 3.63) is 59.6 Å². The van der Waals surface area contributed by atoms with E-state index in [1.54, 1.807) is 41.8 Å². The van der Waals surface area contributed by atoms with Gasteiger partial charge in [-0.2, -0.15) is 0 Å². The highest BCUT2D eigenvalue weighted by molar-refractivity contribution is 7.13. The van der Waals surface area contributed by atoms with E-state index in [9.17, 15) is 9.59 Å². The van der Waals surface area contributed by atoms with Crippen LogP contribution in [0.1, 0.15) is 17.3 Å². The van der Waals surface area contributed by atoms with Gasteiger partial charge in [-0.1, -0.05) is 18.2 Å². The maximum absolute atomic E-state index is 12.4. The number of thiophene rings is 1. The van der Waals surface area contributed by atoms with Gasteiger partial charge in [-0.15, -0.1) is 11.3 Å². The maximum atomic E-state index is 12.4. The molecule has 2 aliphatic heterocycles. The SMILES string of the molecule is CC(=O)c1cccc(NC(=O)OC2COC3C(Nc4nccc(-c5cccs5)n4)COC23)c1. The lowest BCUT2D eigenvalue weighted by Crippen LogP contribution is -2.38. The van der Waals surface area contributed by atoms with Crippen molar-refractivity contribution in [2.24, 2.45) is 0 Å². The number of carbonyl (C=O) groups is 2. The minimum Gasteiger partial charge on any atom is -0.441 e. The van der Waals surface area contributed by atoms with Crippen molar-refractivity contribution in [3.8, 4) is 10.6 Å². The number of aromatic nitrogens is 2. The standard InChI is InChI=1S/C23H22N4O5S/c1-13(28)14-4-2-5-15(10-14)25-23(29)32-18-12-31-20-17(11-30-21(18)20)27-22-24-8-7-16(26-22)19-6-3-9-33-19/h2-10,17-18,20-21H,11-12H2,1H3,(H,25,29)(H,24,26,27). The van der Waals surface area contributed by atoms with Gasteiger partial charge in [-0.3, -0.25) is 10.1 Å². The van der Waals surface area contributed by atoms with Gasteiger partial charge in [0.15, 0.2) is 11.9 Å². The molecule has 4 heterocycles. The fourth-order valence-electron chi connectivity index (χ4n) is 3.95. The average Bonchev–Trinajstić information content (AvgIpc) is 3.55. The summed E-state index contributed by atoms with van der Waals surface area (Å²) in [4.78, 5) is 33.9. The first-order valence-corrected chi connectivity index (χ1v) is 11.4. The zero-order chi connectivity index (χ0) is 22.8. The van der Waals surface area contributed by atoms with Gasteiger partial charge in [0.25, 0.3) is 0 Å². The van der Waals surface area contributed by atoms with Crippen LogP contribution in [0.2, 0.25) is 0 Å². The highest BCUT2D eigenvalue weighted by Crippen LogP contribution is 2.31. The van der Waals surface area contributed by atoms with Gasteiger partial charge in [0.05, 0.1) is 29.8 Å². The number of rotatable bonds is 6. The molecule has 10 heteroatoms. The lowest BCUT2D eigenvalue weighted by Gasteiger charge is -2.18. The molecule has 2 N–H and O–H groups in total. The van der Waals surface area contributed by atoms with Crippen molar-refractivity contribution >= 4 is 34.8 Å². The van der Waals surface area contributed by atoms with E-state index in [2.05, 4.69) is 20.6 Å². The van der Waals surface area contributed by atoms with Gasteiger partial charge in [0.1, 0.15) is 12.2 Å². The molecule has 0 saturated carbocycles. The van der Waals surface area contributed by atoms with Crippen molar-refractivity contribution in [2.45, 2.75) is 31.3 Å². The molecule has 2 aliphatic rings. The molecule has 2 aromatic heterocycles. The molecule has 4 unspecified atom stereocenters. The molecule has 1 amide bonds. The summed E-state index contributed by atoms with van der Waals surface area (Å²) in [7, 11) is 0. The molecule has 0 aliphatic carbocycles. The number of fused-ring (bicyclic) bond motifs is 1. The second-order valence-electron chi connectivity index (χ2n) is 7.80. The largest absolute Gasteiger partial charge is 0.441 e. The van der Waals surface area contributed by atoms with E-state index in [0.717, 1.165) is 10.6 Å². The Hall–Kier alpha value is -3.34. The van der Waals surface area contributed by atoms with E-state index in [0.29, 0.717) is 23.8 Å². The first-order valence-electron chi connectivity index (χ1n) is 10.5. The van der Waals surface area contributed by atoms with Crippen LogP contribution in [0.15, 0.2) is 54.0 Å². The van der Waals surface area contributed by atoms with E-state index in [-0.39, 0.29) is 24.5 Å². The fraction of sp³-hybridized carbons (Fsp3) is 0.304. The van der Waals surface area contributed by atoms with Crippen LogP contribution < -0.4 is 10.6 Å². The van der Waals surface area contributed by atoms with E-state index >= 15 is 0 Å². The quantitative estimate of drug-likeness (QED) is 0.530. The number of benzene rings is 1. The molecule has 5 rings (SSSR count). The van der Waals surface area contributed by atoms with Gasteiger partial charge in [-0.05, 0) is 36.6 Å². The van der Waals surface area contributed by atoms with Gasteiger partial charge < -0.3 is 19.5 Å². The topological polar surface area (TPSA) is 112 Å². The molecule has 0 spiro atoms. The lowest BCUT2D eigenvalue weighted by molar-refractivity contribution is 0.00916. The van der Waals surface area contributed by atoms with Crippen molar-refractivity contribution in [1.29, 1.82) is 0 Å². The molecule has 33 heavy (non-hydrogen) atoms. The fourth-order valence-corrected chi connectivity index (χ4v) is 4.64. The Kier molecular flexibility index (Phi) is 6.03. The number of anilines is 2. The van der Waals surface area contributed by atoms with Crippen LogP contribution in [0.3, 0.4) is 0 Å². The molecule has 2 saturated heterocycles. The predicted octanol–water partition coefficient (Wildman–Crippen LogP) is 3.60. The normalized spacial score (nSPS) is 23.7. The van der Waals surface area contributed by atoms with E-state index in [1.165, 1.54) is 6.92 Å². The van der Waals surface area contributed by atoms with Gasteiger partial charge in [0.2, 0.25) is 5.95 Å². The molecular weight excluding hydrogens is 444 g/mol. The summed E-state index contributed by atoms with van der Waals surface area (Å²) in [5.41, 5.74) is 1.84. The third kappa shape index (κ3) is 4.72. The summed E-state index contributed by atoms with van der Waals surface area (Å²) >= 11 is 1.61. The first kappa shape index (κ1) is 21.5. The second kappa shape index (κ2) is 9.26. The number of hydrogen-bond acceptors (Lipinski definition) is 9. The number of ether oxygens (including phenoxy) is 3. The van der Waals surface area contributed by atoms with Crippen LogP contribution in [0.25, 0.3) is 10.6 Å². The number of hydrogen-bond donors (Lipinski definition) is 2. The van der Waals surface area contributed by atoms with Crippen LogP contribution in [0.5, 0.6) is 0 Å². The number of Topliss-reactive ketones (excluding diaryl/α,β-unsaturated/α-hetero) is 1. The summed E-state index contributed by atoms with van der Waals surface area (Å²) < 4.78 is 17.3. The van der Waals surface area contributed by atoms with Crippen LogP contribution in [0, 0.1) is 0 Å². The van der Waals surface area contributed by atoms with E-state index in [4.69, 9.17) is 14.2 Å². The summed E-state index contributed by atoms with van der Waals surface area (Å²) in [5, 5.41) is 7.95. The Bertz CT molecular complexity index is 1160. The van der Waals surface area contributed by atoms with Gasteiger partial charge in [0, 0.05) is 17.4 Å². The van der Waals surface area contributed by atoms with Crippen molar-refractivity contribution < 1.29 is 23.8 Å². The van der Waals surface area contributed by atoms with Crippen LogP contribution in [-0.2, 0) is 14.2 Å². The molecule has 0 bridgehead atoms. The van der Waals surface area contributed by atoms with Crippen molar-refractivity contribution in [1.82, 2.24) is 9.97 Å². The summed E-state index contributed by atoms with van der Waals surface area (Å²) in [6.07, 6.45) is -0.145. The summed E-state index contributed by atoms with van der Waals surface area (Å²) in [5.74, 6) is 0.410. The third-order valence-electron chi connectivity index (χ3n) is 5.53. The van der Waals surface area contributed by atoms with E-state index < -0.39 is 18.3 Å². The summed E-state index contributed by atoms with van der Waals surface area (Å²) in [6, 6.07) is 12.4. The highest BCUT2D eigenvalue weighted by Gasteiger charge is 2.49. The van der Waals surface area contributed by atoms with Crippen molar-refractivity contribution in [2.75, 3.05) is 23.8 Å². The lowest BCUT2D eigenvalue weighted by atomic mass is 10.1. The number of carbonyl (C=O) groups excluding carboxylic acids is 2. The summed E-state index contributed by atoms with van der Waals surface area (Å²) in [6.45, 7) is 2.08. The number of nitrogens with zero attached hydrogens (tertiary/aromatic N) is 2. The molecule has 4 atom stereocenters. The number of amides is 1. The minimum atomic E-state index is -0.628. The monoisotopic (exact) mass is 466 g/mol. The van der Waals surface area contributed by atoms with Crippen LogP contribution >= 0.6 is 11.3 Å². The molecular formula is C23H22N4O5S. The Morgan fingerprint density at radius 1 is 1.12 bits per heavy atom. The first-order chi connectivity index (χ1) is 16.1. The van der Waals surface area contributed by atoms with Crippen LogP contribution in [-0.4, -0.2) is 59.4 Å². The Morgan fingerprint density at radius 3 is 2.82 bits per heavy atom. The molecule has 170 valence electrons. The highest BCUT2D eigenvalue weighted by atomic mass is 32.1. The Labute approximate surface area is 194 Å². The maximum Gasteiger partial charge on any atom is 0.412 e. The molecule has 2 fully saturated rings. The zero-order valence-corrected chi connectivity index (χ0v) is 18.6. The number of nitrogens with one attached hydrogen (secondary N) is 2. The molecule has 0 radical (unpaired) electrons. The second-order valence-corrected chi connectivity index (χ2v) is 8.74. The minimum absolute atomic E-state index is 0.0816. The van der Waals surface area contributed by atoms with Crippen LogP contribution in [0.4, 0.5) is 16.4 Å². The van der Waals surface area contributed by atoms with Gasteiger partial charge >= 0.3 is 6.09 Å². The zero-order valence-electron chi connectivity index (χ0n) is 17.8. The van der Waals surface area contributed by atoms with Gasteiger partial charge in [-0.25, -0.2) is 14.8 Å². The third-order valence-corrected chi connectivity index (χ3v) is 6.42. The molecule has 9 nitrogen and oxygen atoms in total. The average molecular weight is 467 g/mol. The van der Waals surface area contributed by atoms with Crippen molar-refractivity contribution in [3.63, 3.8) is 0 Å². The molecule has 3 aromatic rings. The molecule has 1 aromatic carbocycles. The van der Waals surface area contributed by atoms with E-state index in [1.807, 2.05) is 23.6 Å². The Morgan fingerprint density at radius 2 is 2.00 bits per heavy atom. The smallest absolute Gasteiger partial charge is 0.412 e. The predicted molar refractivity (Wildman–Crippen MR) is 123 cm³/mol.